The molecule has 2 aromatic carbocycles. The number of piperazine rings is 1. The number of amides is 1. The van der Waals surface area contributed by atoms with Crippen LogP contribution in [0.3, 0.4) is 0 Å². The van der Waals surface area contributed by atoms with Crippen LogP contribution in [-0.4, -0.2) is 61.5 Å². The summed E-state index contributed by atoms with van der Waals surface area (Å²) in [6.45, 7) is 3.93. The van der Waals surface area contributed by atoms with Gasteiger partial charge in [-0.3, -0.25) is 9.69 Å². The van der Waals surface area contributed by atoms with E-state index in [0.29, 0.717) is 23.9 Å². The number of sulfone groups is 1. The SMILES string of the molecule is CS(=O)(=O)c1ccc(Nc2nc(C(=O)N3CCN(Cc4ccccc4)CC3)cs2)cc1. The van der Waals surface area contributed by atoms with E-state index in [0.717, 1.165) is 25.3 Å². The largest absolute Gasteiger partial charge is 0.335 e. The summed E-state index contributed by atoms with van der Waals surface area (Å²) < 4.78 is 23.1. The van der Waals surface area contributed by atoms with Gasteiger partial charge in [-0.25, -0.2) is 13.4 Å². The van der Waals surface area contributed by atoms with E-state index in [1.54, 1.807) is 29.6 Å². The van der Waals surface area contributed by atoms with E-state index in [9.17, 15) is 13.2 Å². The molecule has 7 nitrogen and oxygen atoms in total. The molecule has 1 saturated heterocycles. The van der Waals surface area contributed by atoms with Crippen LogP contribution in [0.4, 0.5) is 10.8 Å². The van der Waals surface area contributed by atoms with Crippen LogP contribution in [0.5, 0.6) is 0 Å². The first-order valence-corrected chi connectivity index (χ1v) is 12.7. The van der Waals surface area contributed by atoms with Gasteiger partial charge in [0.1, 0.15) is 5.69 Å². The molecule has 1 aliphatic heterocycles. The molecule has 162 valence electrons. The van der Waals surface area contributed by atoms with Gasteiger partial charge in [0, 0.05) is 50.0 Å². The van der Waals surface area contributed by atoms with Gasteiger partial charge in [-0.05, 0) is 29.8 Å². The van der Waals surface area contributed by atoms with Gasteiger partial charge in [0.15, 0.2) is 15.0 Å². The van der Waals surface area contributed by atoms with Crippen molar-refractivity contribution in [1.29, 1.82) is 0 Å². The van der Waals surface area contributed by atoms with Crippen molar-refractivity contribution < 1.29 is 13.2 Å². The third kappa shape index (κ3) is 5.49. The Hall–Kier alpha value is -2.75. The summed E-state index contributed by atoms with van der Waals surface area (Å²) in [5.41, 5.74) is 2.43. The molecule has 0 radical (unpaired) electrons. The Kier molecular flexibility index (Phi) is 6.35. The van der Waals surface area contributed by atoms with E-state index in [1.165, 1.54) is 23.2 Å². The Morgan fingerprint density at radius 1 is 1.03 bits per heavy atom. The lowest BCUT2D eigenvalue weighted by Gasteiger charge is -2.34. The fraction of sp³-hybridized carbons (Fsp3) is 0.273. The first-order valence-electron chi connectivity index (χ1n) is 9.97. The Morgan fingerprint density at radius 2 is 1.71 bits per heavy atom. The van der Waals surface area contributed by atoms with E-state index >= 15 is 0 Å². The maximum absolute atomic E-state index is 12.8. The number of carbonyl (C=O) groups is 1. The number of nitrogens with one attached hydrogen (secondary N) is 1. The zero-order valence-electron chi connectivity index (χ0n) is 17.2. The molecule has 0 atom stereocenters. The molecule has 1 aliphatic rings. The van der Waals surface area contributed by atoms with Crippen LogP contribution in [0.25, 0.3) is 0 Å². The standard InChI is InChI=1S/C22H24N4O3S2/c1-31(28,29)19-9-7-18(8-10-19)23-22-24-20(16-30-22)21(27)26-13-11-25(12-14-26)15-17-5-3-2-4-6-17/h2-10,16H,11-15H2,1H3,(H,23,24). The Labute approximate surface area is 186 Å². The van der Waals surface area contributed by atoms with Crippen LogP contribution in [0, 0.1) is 0 Å². The number of rotatable bonds is 6. The summed E-state index contributed by atoms with van der Waals surface area (Å²) in [5.74, 6) is -0.0592. The van der Waals surface area contributed by atoms with Crippen molar-refractivity contribution in [3.05, 3.63) is 71.2 Å². The molecule has 4 rings (SSSR count). The zero-order chi connectivity index (χ0) is 21.8. The highest BCUT2D eigenvalue weighted by Gasteiger charge is 2.24. The summed E-state index contributed by atoms with van der Waals surface area (Å²) >= 11 is 1.35. The van der Waals surface area contributed by atoms with Crippen molar-refractivity contribution >= 4 is 37.9 Å². The molecule has 1 N–H and O–H groups in total. The summed E-state index contributed by atoms with van der Waals surface area (Å²) in [6, 6.07) is 16.8. The topological polar surface area (TPSA) is 82.6 Å². The molecule has 1 fully saturated rings. The molecule has 31 heavy (non-hydrogen) atoms. The van der Waals surface area contributed by atoms with Crippen molar-refractivity contribution in [2.24, 2.45) is 0 Å². The second kappa shape index (κ2) is 9.17. The number of hydrogen-bond donors (Lipinski definition) is 1. The van der Waals surface area contributed by atoms with E-state index in [1.807, 2.05) is 23.1 Å². The molecule has 1 aromatic heterocycles. The van der Waals surface area contributed by atoms with E-state index in [4.69, 9.17) is 0 Å². The average Bonchev–Trinajstić information content (AvgIpc) is 3.23. The van der Waals surface area contributed by atoms with Crippen molar-refractivity contribution in [3.8, 4) is 0 Å². The van der Waals surface area contributed by atoms with Gasteiger partial charge in [-0.1, -0.05) is 30.3 Å². The van der Waals surface area contributed by atoms with Crippen LogP contribution in [0.2, 0.25) is 0 Å². The maximum atomic E-state index is 12.8. The van der Waals surface area contributed by atoms with Gasteiger partial charge < -0.3 is 10.2 Å². The van der Waals surface area contributed by atoms with Crippen molar-refractivity contribution in [2.45, 2.75) is 11.4 Å². The highest BCUT2D eigenvalue weighted by Crippen LogP contribution is 2.23. The second-order valence-corrected chi connectivity index (χ2v) is 10.4. The Bertz CT molecular complexity index is 1140. The van der Waals surface area contributed by atoms with Crippen LogP contribution >= 0.6 is 11.3 Å². The van der Waals surface area contributed by atoms with Gasteiger partial charge in [-0.15, -0.1) is 11.3 Å². The predicted octanol–water partition coefficient (Wildman–Crippen LogP) is 3.25. The molecule has 0 spiro atoms. The van der Waals surface area contributed by atoms with Crippen LogP contribution in [-0.2, 0) is 16.4 Å². The minimum absolute atomic E-state index is 0.0592. The summed E-state index contributed by atoms with van der Waals surface area (Å²) in [6.07, 6.45) is 1.18. The van der Waals surface area contributed by atoms with Crippen LogP contribution in [0.1, 0.15) is 16.1 Å². The molecule has 3 aromatic rings. The van der Waals surface area contributed by atoms with Crippen molar-refractivity contribution in [3.63, 3.8) is 0 Å². The molecule has 1 amide bonds. The minimum atomic E-state index is -3.23. The fourth-order valence-corrected chi connectivity index (χ4v) is 4.79. The molecule has 9 heteroatoms. The lowest BCUT2D eigenvalue weighted by molar-refractivity contribution is 0.0623. The lowest BCUT2D eigenvalue weighted by Crippen LogP contribution is -2.48. The third-order valence-electron chi connectivity index (χ3n) is 5.17. The molecule has 0 saturated carbocycles. The highest BCUT2D eigenvalue weighted by atomic mass is 32.2. The number of aromatic nitrogens is 1. The summed E-state index contributed by atoms with van der Waals surface area (Å²) in [4.78, 5) is 21.7. The van der Waals surface area contributed by atoms with Crippen LogP contribution < -0.4 is 5.32 Å². The maximum Gasteiger partial charge on any atom is 0.273 e. The zero-order valence-corrected chi connectivity index (χ0v) is 18.8. The van der Waals surface area contributed by atoms with Gasteiger partial charge in [0.05, 0.1) is 4.90 Å². The smallest absolute Gasteiger partial charge is 0.273 e. The first kappa shape index (κ1) is 21.5. The number of benzene rings is 2. The molecule has 0 bridgehead atoms. The lowest BCUT2D eigenvalue weighted by atomic mass is 10.2. The molecule has 2 heterocycles. The predicted molar refractivity (Wildman–Crippen MR) is 123 cm³/mol. The average molecular weight is 457 g/mol. The highest BCUT2D eigenvalue weighted by molar-refractivity contribution is 7.90. The quantitative estimate of drug-likeness (QED) is 0.613. The Balaban J connectivity index is 1.32. The van der Waals surface area contributed by atoms with Gasteiger partial charge in [-0.2, -0.15) is 0 Å². The molecular weight excluding hydrogens is 432 g/mol. The minimum Gasteiger partial charge on any atom is -0.335 e. The van der Waals surface area contributed by atoms with E-state index in [-0.39, 0.29) is 10.8 Å². The normalized spacial score (nSPS) is 15.1. The van der Waals surface area contributed by atoms with Gasteiger partial charge in [0.2, 0.25) is 0 Å². The van der Waals surface area contributed by atoms with Crippen molar-refractivity contribution in [2.75, 3.05) is 37.8 Å². The van der Waals surface area contributed by atoms with E-state index in [2.05, 4.69) is 27.3 Å². The third-order valence-corrected chi connectivity index (χ3v) is 7.05. The monoisotopic (exact) mass is 456 g/mol. The molecule has 0 aliphatic carbocycles. The second-order valence-electron chi connectivity index (χ2n) is 7.51. The van der Waals surface area contributed by atoms with E-state index < -0.39 is 9.84 Å². The van der Waals surface area contributed by atoms with Gasteiger partial charge >= 0.3 is 0 Å². The summed E-state index contributed by atoms with van der Waals surface area (Å²) in [7, 11) is -3.23. The summed E-state index contributed by atoms with van der Waals surface area (Å²) in [5, 5.41) is 5.48. The first-order chi connectivity index (χ1) is 14.9. The number of nitrogens with zero attached hydrogens (tertiary/aromatic N) is 3. The Morgan fingerprint density at radius 3 is 2.35 bits per heavy atom. The number of hydrogen-bond acceptors (Lipinski definition) is 7. The molecule has 0 unspecified atom stereocenters. The number of anilines is 2. The van der Waals surface area contributed by atoms with Gasteiger partial charge in [0.25, 0.3) is 5.91 Å². The van der Waals surface area contributed by atoms with Crippen LogP contribution in [0.15, 0.2) is 64.9 Å². The molecular formula is C22H24N4O3S2. The number of carbonyl (C=O) groups excluding carboxylic acids is 1. The van der Waals surface area contributed by atoms with Crippen molar-refractivity contribution in [1.82, 2.24) is 14.8 Å². The number of thiazole rings is 1. The fourth-order valence-electron chi connectivity index (χ4n) is 3.45.